The zero-order valence-corrected chi connectivity index (χ0v) is 10.8. The van der Waals surface area contributed by atoms with Gasteiger partial charge in [-0.1, -0.05) is 32.4 Å². The second-order valence-corrected chi connectivity index (χ2v) is 5.52. The van der Waals surface area contributed by atoms with Gasteiger partial charge in [-0.05, 0) is 18.3 Å². The molecule has 1 aromatic rings. The highest BCUT2D eigenvalue weighted by Crippen LogP contribution is 2.46. The van der Waals surface area contributed by atoms with Crippen LogP contribution in [0.1, 0.15) is 39.4 Å². The molecule has 1 heterocycles. The lowest BCUT2D eigenvalue weighted by Crippen LogP contribution is -2.11. The summed E-state index contributed by atoms with van der Waals surface area (Å²) in [5.41, 5.74) is 0.391. The van der Waals surface area contributed by atoms with E-state index in [1.807, 2.05) is 0 Å². The molecule has 1 aliphatic carbocycles. The van der Waals surface area contributed by atoms with Gasteiger partial charge in [0.2, 0.25) is 0 Å². The van der Waals surface area contributed by atoms with Crippen molar-refractivity contribution in [3.63, 3.8) is 0 Å². The van der Waals surface area contributed by atoms with E-state index in [2.05, 4.69) is 36.1 Å². The first kappa shape index (κ1) is 11.6. The number of hydrogen-bond donors (Lipinski definition) is 1. The first-order chi connectivity index (χ1) is 7.51. The van der Waals surface area contributed by atoms with E-state index in [1.54, 1.807) is 6.07 Å². The second kappa shape index (κ2) is 4.21. The number of halogens is 1. The third kappa shape index (κ3) is 2.64. The maximum Gasteiger partial charge on any atom is 0.134 e. The van der Waals surface area contributed by atoms with E-state index in [0.29, 0.717) is 16.6 Å². The number of nitrogens with zero attached hydrogens (tertiary/aromatic N) is 2. The highest BCUT2D eigenvalue weighted by atomic mass is 35.5. The molecule has 0 aromatic carbocycles. The molecule has 0 radical (unpaired) electrons. The minimum absolute atomic E-state index is 0.391. The molecule has 1 unspecified atom stereocenters. The van der Waals surface area contributed by atoms with Crippen LogP contribution in [0.25, 0.3) is 0 Å². The van der Waals surface area contributed by atoms with Crippen LogP contribution in [-0.4, -0.2) is 16.0 Å². The van der Waals surface area contributed by atoms with Gasteiger partial charge in [0.1, 0.15) is 16.8 Å². The van der Waals surface area contributed by atoms with Crippen LogP contribution in [0, 0.1) is 5.41 Å². The van der Waals surface area contributed by atoms with Gasteiger partial charge in [-0.15, -0.1) is 0 Å². The molecular formula is C12H18ClN3. The Bertz CT molecular complexity index is 390. The predicted octanol–water partition coefficient (Wildman–Crippen LogP) is 3.29. The normalized spacial score (nSPS) is 21.9. The van der Waals surface area contributed by atoms with Crippen molar-refractivity contribution in [3.8, 4) is 0 Å². The Morgan fingerprint density at radius 2 is 2.19 bits per heavy atom. The summed E-state index contributed by atoms with van der Waals surface area (Å²) < 4.78 is 0. The molecule has 1 fully saturated rings. The highest BCUT2D eigenvalue weighted by Gasteiger charge is 2.45. The van der Waals surface area contributed by atoms with Gasteiger partial charge in [0.05, 0.1) is 0 Å². The van der Waals surface area contributed by atoms with Crippen LogP contribution in [0.5, 0.6) is 0 Å². The van der Waals surface area contributed by atoms with E-state index in [0.717, 1.165) is 24.5 Å². The van der Waals surface area contributed by atoms with Crippen LogP contribution in [-0.2, 0) is 6.42 Å². The van der Waals surface area contributed by atoms with Crippen molar-refractivity contribution < 1.29 is 0 Å². The van der Waals surface area contributed by atoms with Gasteiger partial charge >= 0.3 is 0 Å². The third-order valence-electron chi connectivity index (χ3n) is 3.05. The maximum absolute atomic E-state index is 5.97. The van der Waals surface area contributed by atoms with Crippen molar-refractivity contribution in [2.45, 2.75) is 46.1 Å². The monoisotopic (exact) mass is 239 g/mol. The van der Waals surface area contributed by atoms with Gasteiger partial charge in [-0.3, -0.25) is 0 Å². The third-order valence-corrected chi connectivity index (χ3v) is 3.24. The Kier molecular flexibility index (Phi) is 3.06. The molecule has 1 aromatic heterocycles. The van der Waals surface area contributed by atoms with Gasteiger partial charge in [0, 0.05) is 18.5 Å². The number of aryl methyl sites for hydroxylation is 1. The van der Waals surface area contributed by atoms with E-state index in [1.165, 1.54) is 6.42 Å². The zero-order chi connectivity index (χ0) is 11.8. The smallest absolute Gasteiger partial charge is 0.134 e. The van der Waals surface area contributed by atoms with Crippen LogP contribution in [0.3, 0.4) is 0 Å². The second-order valence-electron chi connectivity index (χ2n) is 5.13. The number of hydrogen-bond acceptors (Lipinski definition) is 3. The van der Waals surface area contributed by atoms with Gasteiger partial charge in [0.15, 0.2) is 0 Å². The average Bonchev–Trinajstić information content (AvgIpc) is 2.72. The molecule has 0 amide bonds. The van der Waals surface area contributed by atoms with Crippen LogP contribution < -0.4 is 5.32 Å². The van der Waals surface area contributed by atoms with Gasteiger partial charge in [-0.25, -0.2) is 9.97 Å². The van der Waals surface area contributed by atoms with Crippen molar-refractivity contribution in [1.82, 2.24) is 9.97 Å². The average molecular weight is 240 g/mol. The summed E-state index contributed by atoms with van der Waals surface area (Å²) in [5, 5.41) is 3.94. The summed E-state index contributed by atoms with van der Waals surface area (Å²) in [6, 6.07) is 2.32. The van der Waals surface area contributed by atoms with Crippen molar-refractivity contribution in [3.05, 3.63) is 17.0 Å². The molecule has 4 heteroatoms. The number of aromatic nitrogens is 2. The molecule has 16 heavy (non-hydrogen) atoms. The van der Waals surface area contributed by atoms with Gasteiger partial charge in [0.25, 0.3) is 0 Å². The Morgan fingerprint density at radius 3 is 2.75 bits per heavy atom. The molecule has 1 saturated carbocycles. The molecule has 0 spiro atoms. The van der Waals surface area contributed by atoms with Crippen LogP contribution in [0.15, 0.2) is 6.07 Å². The Hall–Kier alpha value is -0.830. The summed E-state index contributed by atoms with van der Waals surface area (Å²) in [4.78, 5) is 8.66. The summed E-state index contributed by atoms with van der Waals surface area (Å²) in [6.07, 6.45) is 3.11. The minimum Gasteiger partial charge on any atom is -0.367 e. The van der Waals surface area contributed by atoms with E-state index >= 15 is 0 Å². The van der Waals surface area contributed by atoms with Gasteiger partial charge < -0.3 is 5.32 Å². The number of anilines is 1. The van der Waals surface area contributed by atoms with Crippen LogP contribution >= 0.6 is 11.6 Å². The molecule has 0 aliphatic heterocycles. The van der Waals surface area contributed by atoms with E-state index < -0.39 is 0 Å². The van der Waals surface area contributed by atoms with Crippen molar-refractivity contribution in [2.75, 3.05) is 5.32 Å². The molecule has 2 rings (SSSR count). The lowest BCUT2D eigenvalue weighted by Gasteiger charge is -2.08. The minimum atomic E-state index is 0.391. The fourth-order valence-electron chi connectivity index (χ4n) is 1.77. The van der Waals surface area contributed by atoms with E-state index in [9.17, 15) is 0 Å². The van der Waals surface area contributed by atoms with Crippen molar-refractivity contribution in [2.24, 2.45) is 5.41 Å². The largest absolute Gasteiger partial charge is 0.367 e. The Morgan fingerprint density at radius 1 is 1.50 bits per heavy atom. The predicted molar refractivity (Wildman–Crippen MR) is 66.8 cm³/mol. The van der Waals surface area contributed by atoms with Crippen LogP contribution in [0.2, 0.25) is 5.15 Å². The van der Waals surface area contributed by atoms with E-state index in [4.69, 9.17) is 11.6 Å². The highest BCUT2D eigenvalue weighted by molar-refractivity contribution is 6.29. The van der Waals surface area contributed by atoms with Crippen LogP contribution in [0.4, 0.5) is 5.82 Å². The van der Waals surface area contributed by atoms with Crippen molar-refractivity contribution >= 4 is 17.4 Å². The summed E-state index contributed by atoms with van der Waals surface area (Å²) in [7, 11) is 0. The fraction of sp³-hybridized carbons (Fsp3) is 0.667. The topological polar surface area (TPSA) is 37.8 Å². The van der Waals surface area contributed by atoms with Gasteiger partial charge in [-0.2, -0.15) is 0 Å². The summed E-state index contributed by atoms with van der Waals surface area (Å²) in [5.74, 6) is 1.69. The Labute approximate surface area is 102 Å². The number of rotatable bonds is 4. The maximum atomic E-state index is 5.97. The summed E-state index contributed by atoms with van der Waals surface area (Å²) >= 11 is 5.97. The molecule has 1 N–H and O–H groups in total. The molecular weight excluding hydrogens is 222 g/mol. The first-order valence-corrected chi connectivity index (χ1v) is 6.19. The molecule has 1 atom stereocenters. The standard InChI is InChI=1S/C12H18ClN3/c1-4-5-10-15-9(13)6-11(16-10)14-8-7-12(8,2)3/h6,8H,4-5,7H2,1-3H3,(H,14,15,16). The lowest BCUT2D eigenvalue weighted by atomic mass is 10.2. The molecule has 3 nitrogen and oxygen atoms in total. The quantitative estimate of drug-likeness (QED) is 0.820. The zero-order valence-electron chi connectivity index (χ0n) is 10.0. The van der Waals surface area contributed by atoms with E-state index in [-0.39, 0.29) is 0 Å². The molecule has 1 aliphatic rings. The Balaban J connectivity index is 2.09. The fourth-order valence-corrected chi connectivity index (χ4v) is 1.97. The first-order valence-electron chi connectivity index (χ1n) is 5.81. The molecule has 0 saturated heterocycles. The molecule has 0 bridgehead atoms. The molecule has 88 valence electrons. The lowest BCUT2D eigenvalue weighted by molar-refractivity contribution is 0.629. The summed E-state index contributed by atoms with van der Waals surface area (Å²) in [6.45, 7) is 6.61. The SMILES string of the molecule is CCCc1nc(Cl)cc(NC2CC2(C)C)n1. The van der Waals surface area contributed by atoms with Crippen molar-refractivity contribution in [1.29, 1.82) is 0 Å². The number of nitrogens with one attached hydrogen (secondary N) is 1.